The first-order chi connectivity index (χ1) is 8.79. The van der Waals surface area contributed by atoms with Gasteiger partial charge in [0.25, 0.3) is 0 Å². The van der Waals surface area contributed by atoms with Crippen LogP contribution in [0.5, 0.6) is 5.75 Å². The highest BCUT2D eigenvalue weighted by molar-refractivity contribution is 5.76. The lowest BCUT2D eigenvalue weighted by atomic mass is 10.1. The van der Waals surface area contributed by atoms with Gasteiger partial charge >= 0.3 is 0 Å². The van der Waals surface area contributed by atoms with Crippen molar-refractivity contribution >= 4 is 5.91 Å². The van der Waals surface area contributed by atoms with E-state index in [2.05, 4.69) is 5.32 Å². The predicted octanol–water partition coefficient (Wildman–Crippen LogP) is 1.93. The van der Waals surface area contributed by atoms with Crippen LogP contribution in [0, 0.1) is 13.8 Å². The molecule has 1 rings (SSSR count). The molecule has 0 radical (unpaired) electrons. The molecule has 106 valence electrons. The molecule has 1 aromatic rings. The maximum atomic E-state index is 11.6. The highest BCUT2D eigenvalue weighted by Crippen LogP contribution is 2.20. The van der Waals surface area contributed by atoms with Crippen LogP contribution in [0.4, 0.5) is 0 Å². The van der Waals surface area contributed by atoms with Crippen LogP contribution in [0.15, 0.2) is 18.2 Å². The van der Waals surface area contributed by atoms with E-state index in [0.29, 0.717) is 19.6 Å². The Balaban J connectivity index is 2.34. The average molecular weight is 264 g/mol. The zero-order valence-corrected chi connectivity index (χ0v) is 12.2. The molecule has 0 aliphatic heterocycles. The number of hydrogen-bond acceptors (Lipinski definition) is 3. The topological polar surface area (TPSA) is 64.3 Å². The summed E-state index contributed by atoms with van der Waals surface area (Å²) in [5, 5.41) is 2.79. The van der Waals surface area contributed by atoms with E-state index < -0.39 is 0 Å². The van der Waals surface area contributed by atoms with E-state index in [9.17, 15) is 4.79 Å². The van der Waals surface area contributed by atoms with Gasteiger partial charge in [-0.2, -0.15) is 0 Å². The number of nitrogens with two attached hydrogens (primary N) is 1. The number of aryl methyl sites for hydroxylation is 1. The van der Waals surface area contributed by atoms with Gasteiger partial charge in [0.15, 0.2) is 0 Å². The molecule has 0 aliphatic carbocycles. The SMILES string of the molecule is Cc1cccc(OCCC(=O)NCC(C)(C)N)c1C. The van der Waals surface area contributed by atoms with Gasteiger partial charge in [-0.05, 0) is 44.9 Å². The highest BCUT2D eigenvalue weighted by Gasteiger charge is 2.12. The molecule has 3 N–H and O–H groups in total. The Kier molecular flexibility index (Phi) is 5.36. The molecule has 0 bridgehead atoms. The second kappa shape index (κ2) is 6.57. The number of benzene rings is 1. The second-order valence-electron chi connectivity index (χ2n) is 5.56. The molecular formula is C15H24N2O2. The van der Waals surface area contributed by atoms with Crippen LogP contribution >= 0.6 is 0 Å². The maximum absolute atomic E-state index is 11.6. The van der Waals surface area contributed by atoms with Gasteiger partial charge in [-0.25, -0.2) is 0 Å². The van der Waals surface area contributed by atoms with Gasteiger partial charge in [-0.15, -0.1) is 0 Å². The number of amides is 1. The minimum atomic E-state index is -0.385. The lowest BCUT2D eigenvalue weighted by Gasteiger charge is -2.19. The normalized spacial score (nSPS) is 11.2. The van der Waals surface area contributed by atoms with E-state index >= 15 is 0 Å². The molecule has 0 unspecified atom stereocenters. The van der Waals surface area contributed by atoms with Crippen LogP contribution < -0.4 is 15.8 Å². The molecule has 0 aliphatic rings. The third-order valence-corrected chi connectivity index (χ3v) is 2.88. The van der Waals surface area contributed by atoms with E-state index in [1.54, 1.807) is 0 Å². The number of nitrogens with one attached hydrogen (secondary N) is 1. The third-order valence-electron chi connectivity index (χ3n) is 2.88. The Labute approximate surface area is 115 Å². The predicted molar refractivity (Wildman–Crippen MR) is 77.3 cm³/mol. The fraction of sp³-hybridized carbons (Fsp3) is 0.533. The summed E-state index contributed by atoms with van der Waals surface area (Å²) in [6.45, 7) is 8.65. The molecule has 1 aromatic carbocycles. The van der Waals surface area contributed by atoms with Crippen LogP contribution in [-0.4, -0.2) is 24.6 Å². The summed E-state index contributed by atoms with van der Waals surface area (Å²) in [5.74, 6) is 0.802. The molecule has 0 atom stereocenters. The lowest BCUT2D eigenvalue weighted by Crippen LogP contribution is -2.45. The van der Waals surface area contributed by atoms with E-state index in [0.717, 1.165) is 11.3 Å². The molecule has 0 aromatic heterocycles. The van der Waals surface area contributed by atoms with Gasteiger partial charge in [0, 0.05) is 12.1 Å². The van der Waals surface area contributed by atoms with Crippen molar-refractivity contribution in [3.05, 3.63) is 29.3 Å². The molecule has 0 saturated heterocycles. The van der Waals surface area contributed by atoms with E-state index in [1.165, 1.54) is 5.56 Å². The zero-order chi connectivity index (χ0) is 14.5. The summed E-state index contributed by atoms with van der Waals surface area (Å²) in [4.78, 5) is 11.6. The number of carbonyl (C=O) groups excluding carboxylic acids is 1. The second-order valence-corrected chi connectivity index (χ2v) is 5.56. The largest absolute Gasteiger partial charge is 0.493 e. The van der Waals surface area contributed by atoms with Gasteiger partial charge < -0.3 is 15.8 Å². The smallest absolute Gasteiger partial charge is 0.223 e. The van der Waals surface area contributed by atoms with Crippen molar-refractivity contribution in [1.82, 2.24) is 5.32 Å². The van der Waals surface area contributed by atoms with Crippen molar-refractivity contribution in [3.63, 3.8) is 0 Å². The summed E-state index contributed by atoms with van der Waals surface area (Å²) in [7, 11) is 0. The first-order valence-electron chi connectivity index (χ1n) is 6.54. The summed E-state index contributed by atoms with van der Waals surface area (Å²) < 4.78 is 5.63. The molecule has 1 amide bonds. The minimum Gasteiger partial charge on any atom is -0.493 e. The van der Waals surface area contributed by atoms with Crippen molar-refractivity contribution in [2.24, 2.45) is 5.73 Å². The van der Waals surface area contributed by atoms with Gasteiger partial charge in [0.05, 0.1) is 13.0 Å². The van der Waals surface area contributed by atoms with Crippen LogP contribution in [0.3, 0.4) is 0 Å². The molecule has 0 heterocycles. The summed E-state index contributed by atoms with van der Waals surface area (Å²) in [6.07, 6.45) is 0.337. The van der Waals surface area contributed by atoms with Gasteiger partial charge in [0.2, 0.25) is 5.91 Å². The van der Waals surface area contributed by atoms with Crippen molar-refractivity contribution in [2.45, 2.75) is 39.7 Å². The van der Waals surface area contributed by atoms with Crippen LogP contribution in [0.2, 0.25) is 0 Å². The first-order valence-corrected chi connectivity index (χ1v) is 6.54. The molecule has 4 nitrogen and oxygen atoms in total. The number of ether oxygens (including phenoxy) is 1. The summed E-state index contributed by atoms with van der Waals surface area (Å²) >= 11 is 0. The molecule has 0 saturated carbocycles. The summed E-state index contributed by atoms with van der Waals surface area (Å²) in [6, 6.07) is 5.91. The monoisotopic (exact) mass is 264 g/mol. The number of hydrogen-bond donors (Lipinski definition) is 2. The van der Waals surface area contributed by atoms with E-state index in [1.807, 2.05) is 45.9 Å². The van der Waals surface area contributed by atoms with Crippen LogP contribution in [0.25, 0.3) is 0 Å². The Bertz CT molecular complexity index is 436. The Morgan fingerprint density at radius 1 is 1.37 bits per heavy atom. The van der Waals surface area contributed by atoms with E-state index in [-0.39, 0.29) is 11.4 Å². The molecule has 4 heteroatoms. The molecule has 0 fully saturated rings. The fourth-order valence-electron chi connectivity index (χ4n) is 1.55. The quantitative estimate of drug-likeness (QED) is 0.825. The van der Waals surface area contributed by atoms with Gasteiger partial charge in [-0.3, -0.25) is 4.79 Å². The van der Waals surface area contributed by atoms with Crippen LogP contribution in [-0.2, 0) is 4.79 Å². The Morgan fingerprint density at radius 3 is 2.68 bits per heavy atom. The standard InChI is InChI=1S/C15H24N2O2/c1-11-6-5-7-13(12(11)2)19-9-8-14(18)17-10-15(3,4)16/h5-7H,8-10,16H2,1-4H3,(H,17,18). The number of carbonyl (C=O) groups is 1. The third kappa shape index (κ3) is 5.75. The Morgan fingerprint density at radius 2 is 2.05 bits per heavy atom. The first kappa shape index (κ1) is 15.5. The maximum Gasteiger partial charge on any atom is 0.223 e. The molecule has 19 heavy (non-hydrogen) atoms. The van der Waals surface area contributed by atoms with Crippen molar-refractivity contribution in [2.75, 3.05) is 13.2 Å². The minimum absolute atomic E-state index is 0.0381. The Hall–Kier alpha value is -1.55. The van der Waals surface area contributed by atoms with E-state index in [4.69, 9.17) is 10.5 Å². The lowest BCUT2D eigenvalue weighted by molar-refractivity contribution is -0.121. The van der Waals surface area contributed by atoms with Crippen molar-refractivity contribution < 1.29 is 9.53 Å². The fourth-order valence-corrected chi connectivity index (χ4v) is 1.55. The molecule has 0 spiro atoms. The summed E-state index contributed by atoms with van der Waals surface area (Å²) in [5.41, 5.74) is 7.71. The highest BCUT2D eigenvalue weighted by atomic mass is 16.5. The van der Waals surface area contributed by atoms with Crippen molar-refractivity contribution in [1.29, 1.82) is 0 Å². The zero-order valence-electron chi connectivity index (χ0n) is 12.2. The van der Waals surface area contributed by atoms with Gasteiger partial charge in [-0.1, -0.05) is 12.1 Å². The molecular weight excluding hydrogens is 240 g/mol. The van der Waals surface area contributed by atoms with Crippen molar-refractivity contribution in [3.8, 4) is 5.75 Å². The van der Waals surface area contributed by atoms with Crippen LogP contribution in [0.1, 0.15) is 31.4 Å². The average Bonchev–Trinajstić information content (AvgIpc) is 2.31. The number of rotatable bonds is 6. The van der Waals surface area contributed by atoms with Gasteiger partial charge in [0.1, 0.15) is 5.75 Å².